The van der Waals surface area contributed by atoms with Crippen LogP contribution in [-0.4, -0.2) is 102 Å². The Kier molecular flexibility index (Phi) is 28.8. The molecule has 0 aromatic rings. The first-order valence-corrected chi connectivity index (χ1v) is 3.19. The minimum atomic E-state index is -3.97. The molecule has 0 radical (unpaired) electrons. The summed E-state index contributed by atoms with van der Waals surface area (Å²) in [5, 5.41) is 0. The Morgan fingerprint density at radius 1 is 1.12 bits per heavy atom. The standard InChI is InChI=1S/3Na.H2O3S2.3H/c;;;1-5(2,3)4;;;/h;;;(H2,1,2,3,4);;;. The quantitative estimate of drug-likeness (QED) is 0.195. The molecule has 0 aliphatic carbocycles. The molecule has 0 heterocycles. The zero-order valence-corrected chi connectivity index (χ0v) is 3.83. The van der Waals surface area contributed by atoms with Crippen molar-refractivity contribution in [3.05, 3.63) is 0 Å². The summed E-state index contributed by atoms with van der Waals surface area (Å²) < 4.78 is 25.5. The van der Waals surface area contributed by atoms with Crippen LogP contribution in [0.2, 0.25) is 0 Å². The third kappa shape index (κ3) is 59.4. The predicted molar refractivity (Wildman–Crippen MR) is 42.0 cm³/mol. The topological polar surface area (TPSA) is 54.4 Å². The Bertz CT molecular complexity index is 95.7. The molecule has 0 saturated carbocycles. The van der Waals surface area contributed by atoms with Crippen LogP contribution in [0.25, 0.3) is 0 Å². The van der Waals surface area contributed by atoms with Gasteiger partial charge in [0.05, 0.1) is 0 Å². The van der Waals surface area contributed by atoms with Crippen LogP contribution in [0.4, 0.5) is 0 Å². The van der Waals surface area contributed by atoms with Crippen LogP contribution >= 0.6 is 11.7 Å². The monoisotopic (exact) mass is 186 g/mol. The Morgan fingerprint density at radius 2 is 1.12 bits per heavy atom. The van der Waals surface area contributed by atoms with E-state index in [9.17, 15) is 0 Å². The number of hydrogen-bond acceptors (Lipinski definition) is 2. The van der Waals surface area contributed by atoms with Gasteiger partial charge in [0.25, 0.3) is 0 Å². The summed E-state index contributed by atoms with van der Waals surface area (Å²) in [4.78, 5) is 0. The molecule has 0 aliphatic heterocycles. The molecule has 1 N–H and O–H groups in total. The molecule has 0 aromatic heterocycles. The fourth-order valence-electron chi connectivity index (χ4n) is 0. The van der Waals surface area contributed by atoms with E-state index in [4.69, 9.17) is 13.0 Å². The fourth-order valence-corrected chi connectivity index (χ4v) is 0. The van der Waals surface area contributed by atoms with Crippen LogP contribution in [0.3, 0.4) is 0 Å². The molecular weight excluding hydrogens is 181 g/mol. The van der Waals surface area contributed by atoms with Crippen LogP contribution in [0.5, 0.6) is 0 Å². The SMILES string of the molecule is O=S(=O)(O)S.[NaH].[NaH].[NaH]. The molecule has 3 nitrogen and oxygen atoms in total. The molecule has 8 heavy (non-hydrogen) atoms. The summed E-state index contributed by atoms with van der Waals surface area (Å²) in [6, 6.07) is 0. The average Bonchev–Trinajstić information content (AvgIpc) is 0.722. The van der Waals surface area contributed by atoms with Gasteiger partial charge in [-0.3, -0.25) is 4.55 Å². The van der Waals surface area contributed by atoms with Crippen molar-refractivity contribution in [3.63, 3.8) is 0 Å². The van der Waals surface area contributed by atoms with E-state index < -0.39 is 9.15 Å². The molecule has 0 aliphatic rings. The summed E-state index contributed by atoms with van der Waals surface area (Å²) in [6.45, 7) is 0. The summed E-state index contributed by atoms with van der Waals surface area (Å²) >= 11 is 2.65. The van der Waals surface area contributed by atoms with Crippen molar-refractivity contribution < 1.29 is 13.0 Å². The average molecular weight is 186 g/mol. The van der Waals surface area contributed by atoms with Crippen molar-refractivity contribution in [2.75, 3.05) is 0 Å². The molecule has 0 spiro atoms. The van der Waals surface area contributed by atoms with Crippen molar-refractivity contribution in [1.82, 2.24) is 0 Å². The number of rotatable bonds is 0. The second-order valence-electron chi connectivity index (χ2n) is 0.448. The second kappa shape index (κ2) is 10.3. The zero-order chi connectivity index (χ0) is 4.50. The minimum absolute atomic E-state index is 0. The van der Waals surface area contributed by atoms with E-state index in [-0.39, 0.29) is 88.7 Å². The maximum atomic E-state index is 9.05. The van der Waals surface area contributed by atoms with Gasteiger partial charge in [-0.25, -0.2) is 0 Å². The van der Waals surface area contributed by atoms with Gasteiger partial charge in [0, 0.05) is 0 Å². The molecule has 0 fully saturated rings. The van der Waals surface area contributed by atoms with Crippen LogP contribution in [0.1, 0.15) is 0 Å². The van der Waals surface area contributed by atoms with E-state index in [1.165, 1.54) is 0 Å². The van der Waals surface area contributed by atoms with Gasteiger partial charge in [0.2, 0.25) is 0 Å². The van der Waals surface area contributed by atoms with Crippen molar-refractivity contribution in [1.29, 1.82) is 0 Å². The van der Waals surface area contributed by atoms with Gasteiger partial charge < -0.3 is 0 Å². The predicted octanol–water partition coefficient (Wildman–Crippen LogP) is -2.23. The third-order valence-corrected chi connectivity index (χ3v) is 0. The normalized spacial score (nSPS) is 7.25. The molecule has 8 heteroatoms. The first-order valence-electron chi connectivity index (χ1n) is 0.698. The van der Waals surface area contributed by atoms with Gasteiger partial charge in [-0.05, 0) is 11.7 Å². The summed E-state index contributed by atoms with van der Waals surface area (Å²) in [6.07, 6.45) is 0. The van der Waals surface area contributed by atoms with E-state index in [0.717, 1.165) is 0 Å². The Labute approximate surface area is 120 Å². The first kappa shape index (κ1) is 22.5. The Hall–Kier alpha value is 3.26. The van der Waals surface area contributed by atoms with Gasteiger partial charge in [-0.15, -0.1) is 0 Å². The van der Waals surface area contributed by atoms with Gasteiger partial charge in [-0.2, -0.15) is 8.42 Å². The molecule has 0 aromatic carbocycles. The van der Waals surface area contributed by atoms with E-state index in [1.807, 2.05) is 0 Å². The molecule has 0 amide bonds. The van der Waals surface area contributed by atoms with E-state index in [1.54, 1.807) is 0 Å². The van der Waals surface area contributed by atoms with Gasteiger partial charge >= 0.3 is 97.8 Å². The van der Waals surface area contributed by atoms with Crippen molar-refractivity contribution in [2.24, 2.45) is 0 Å². The second-order valence-corrected chi connectivity index (χ2v) is 2.73. The molecule has 38 valence electrons. The molecule has 0 unspecified atom stereocenters. The Balaban J connectivity index is -0.0000000267. The summed E-state index contributed by atoms with van der Waals surface area (Å²) in [7, 11) is -3.97. The summed E-state index contributed by atoms with van der Waals surface area (Å²) in [5.41, 5.74) is 0. The maximum absolute atomic E-state index is 9.05. The molecular formula is H5Na3O3S2. The molecule has 0 bridgehead atoms. The van der Waals surface area contributed by atoms with Gasteiger partial charge in [-0.1, -0.05) is 0 Å². The van der Waals surface area contributed by atoms with Gasteiger partial charge in [0.1, 0.15) is 0 Å². The molecule has 0 saturated heterocycles. The van der Waals surface area contributed by atoms with E-state index in [0.29, 0.717) is 0 Å². The van der Waals surface area contributed by atoms with Crippen LogP contribution in [-0.2, 0) is 9.15 Å². The fraction of sp³-hybridized carbons (Fsp3) is 0. The summed E-state index contributed by atoms with van der Waals surface area (Å²) in [5.74, 6) is 0. The van der Waals surface area contributed by atoms with E-state index in [2.05, 4.69) is 11.7 Å². The Morgan fingerprint density at radius 3 is 1.12 bits per heavy atom. The first-order chi connectivity index (χ1) is 2.00. The number of thiol groups is 1. The molecule has 0 rings (SSSR count). The van der Waals surface area contributed by atoms with Crippen LogP contribution < -0.4 is 0 Å². The van der Waals surface area contributed by atoms with Crippen LogP contribution in [0, 0.1) is 0 Å². The van der Waals surface area contributed by atoms with Crippen molar-refractivity contribution in [3.8, 4) is 0 Å². The van der Waals surface area contributed by atoms with Crippen LogP contribution in [0.15, 0.2) is 0 Å². The molecule has 0 atom stereocenters. The number of hydrogen-bond donors (Lipinski definition) is 2. The third-order valence-electron chi connectivity index (χ3n) is 0. The van der Waals surface area contributed by atoms with Crippen molar-refractivity contribution >= 4 is 109 Å². The zero-order valence-electron chi connectivity index (χ0n) is 2.12. The van der Waals surface area contributed by atoms with Crippen molar-refractivity contribution in [2.45, 2.75) is 0 Å². The van der Waals surface area contributed by atoms with E-state index >= 15 is 0 Å². The van der Waals surface area contributed by atoms with Gasteiger partial charge in [0.15, 0.2) is 0 Å².